The molecule has 0 aliphatic carbocycles. The van der Waals surface area contributed by atoms with Gasteiger partial charge >= 0.3 is 0 Å². The average Bonchev–Trinajstić information content (AvgIpc) is 2.29. The van der Waals surface area contributed by atoms with Crippen LogP contribution in [0.1, 0.15) is 44.4 Å². The quantitative estimate of drug-likeness (QED) is 0.721. The summed E-state index contributed by atoms with van der Waals surface area (Å²) in [7, 11) is 0. The van der Waals surface area contributed by atoms with Gasteiger partial charge in [-0.2, -0.15) is 0 Å². The van der Waals surface area contributed by atoms with Crippen molar-refractivity contribution in [2.75, 3.05) is 6.61 Å². The Balaban J connectivity index is 2.69. The number of hydrogen-bond acceptors (Lipinski definition) is 3. The molecule has 0 radical (unpaired) electrons. The standard InChI is InChI=1S/C13H22N2O/c1-3-5-7-16-13-9-11(10-14)8-12(15-13)6-4-2/h8-9H,3-7,10,14H2,1-2H3. The molecule has 0 unspecified atom stereocenters. The minimum absolute atomic E-state index is 0.545. The maximum atomic E-state index is 5.66. The molecule has 0 spiro atoms. The summed E-state index contributed by atoms with van der Waals surface area (Å²) < 4.78 is 5.61. The maximum Gasteiger partial charge on any atom is 0.213 e. The van der Waals surface area contributed by atoms with Gasteiger partial charge in [-0.3, -0.25) is 0 Å². The SMILES string of the molecule is CCCCOc1cc(CN)cc(CCC)n1. The van der Waals surface area contributed by atoms with Crippen molar-refractivity contribution < 1.29 is 4.74 Å². The van der Waals surface area contributed by atoms with E-state index in [4.69, 9.17) is 10.5 Å². The highest BCUT2D eigenvalue weighted by Gasteiger charge is 2.02. The van der Waals surface area contributed by atoms with Crippen LogP contribution in [0, 0.1) is 0 Å². The topological polar surface area (TPSA) is 48.1 Å². The number of unbranched alkanes of at least 4 members (excludes halogenated alkanes) is 1. The van der Waals surface area contributed by atoms with E-state index in [1.807, 2.05) is 6.07 Å². The molecule has 0 fully saturated rings. The smallest absolute Gasteiger partial charge is 0.213 e. The zero-order valence-electron chi connectivity index (χ0n) is 10.3. The molecular weight excluding hydrogens is 200 g/mol. The zero-order chi connectivity index (χ0) is 11.8. The number of rotatable bonds is 7. The maximum absolute atomic E-state index is 5.66. The highest BCUT2D eigenvalue weighted by Crippen LogP contribution is 2.14. The van der Waals surface area contributed by atoms with Crippen LogP contribution in [0.15, 0.2) is 12.1 Å². The third-order valence-electron chi connectivity index (χ3n) is 2.40. The average molecular weight is 222 g/mol. The fourth-order valence-corrected chi connectivity index (χ4v) is 1.52. The molecule has 16 heavy (non-hydrogen) atoms. The first-order chi connectivity index (χ1) is 7.80. The molecule has 0 aliphatic rings. The van der Waals surface area contributed by atoms with Gasteiger partial charge in [-0.05, 0) is 24.5 Å². The molecule has 0 aliphatic heterocycles. The Bertz CT molecular complexity index is 313. The molecule has 1 rings (SSSR count). The van der Waals surface area contributed by atoms with Crippen molar-refractivity contribution in [2.24, 2.45) is 5.73 Å². The van der Waals surface area contributed by atoms with Crippen LogP contribution < -0.4 is 10.5 Å². The first-order valence-electron chi connectivity index (χ1n) is 6.12. The lowest BCUT2D eigenvalue weighted by Gasteiger charge is -2.08. The van der Waals surface area contributed by atoms with E-state index in [1.165, 1.54) is 0 Å². The van der Waals surface area contributed by atoms with Gasteiger partial charge in [0.05, 0.1) is 6.61 Å². The molecule has 1 aromatic rings. The highest BCUT2D eigenvalue weighted by molar-refractivity contribution is 5.25. The lowest BCUT2D eigenvalue weighted by molar-refractivity contribution is 0.296. The van der Waals surface area contributed by atoms with Gasteiger partial charge in [0.15, 0.2) is 0 Å². The van der Waals surface area contributed by atoms with Gasteiger partial charge in [0.2, 0.25) is 5.88 Å². The second-order valence-electron chi connectivity index (χ2n) is 3.96. The molecule has 3 heteroatoms. The molecule has 2 N–H and O–H groups in total. The van der Waals surface area contributed by atoms with Gasteiger partial charge < -0.3 is 10.5 Å². The van der Waals surface area contributed by atoms with Crippen molar-refractivity contribution in [1.29, 1.82) is 0 Å². The van der Waals surface area contributed by atoms with Crippen LogP contribution in [-0.2, 0) is 13.0 Å². The van der Waals surface area contributed by atoms with E-state index in [-0.39, 0.29) is 0 Å². The Morgan fingerprint density at radius 3 is 2.69 bits per heavy atom. The van der Waals surface area contributed by atoms with E-state index in [0.29, 0.717) is 6.54 Å². The predicted octanol–water partition coefficient (Wildman–Crippen LogP) is 2.67. The summed E-state index contributed by atoms with van der Waals surface area (Å²) in [4.78, 5) is 4.47. The number of pyridine rings is 1. The highest BCUT2D eigenvalue weighted by atomic mass is 16.5. The first kappa shape index (κ1) is 13.0. The van der Waals surface area contributed by atoms with Crippen LogP contribution in [0.25, 0.3) is 0 Å². The van der Waals surface area contributed by atoms with Crippen molar-refractivity contribution in [2.45, 2.75) is 46.1 Å². The molecule has 1 heterocycles. The fourth-order valence-electron chi connectivity index (χ4n) is 1.52. The zero-order valence-corrected chi connectivity index (χ0v) is 10.3. The van der Waals surface area contributed by atoms with E-state index in [0.717, 1.165) is 49.4 Å². The number of hydrogen-bond donors (Lipinski definition) is 1. The Morgan fingerprint density at radius 1 is 1.25 bits per heavy atom. The van der Waals surface area contributed by atoms with E-state index in [1.54, 1.807) is 0 Å². The second kappa shape index (κ2) is 7.23. The van der Waals surface area contributed by atoms with Gasteiger partial charge in [0.1, 0.15) is 0 Å². The summed E-state index contributed by atoms with van der Waals surface area (Å²) in [6.07, 6.45) is 4.28. The van der Waals surface area contributed by atoms with Crippen LogP contribution in [0.3, 0.4) is 0 Å². The largest absolute Gasteiger partial charge is 0.478 e. The third-order valence-corrected chi connectivity index (χ3v) is 2.40. The number of ether oxygens (including phenoxy) is 1. The number of nitrogens with zero attached hydrogens (tertiary/aromatic N) is 1. The summed E-state index contributed by atoms with van der Waals surface area (Å²) in [5.41, 5.74) is 7.84. The molecular formula is C13H22N2O. The molecule has 0 amide bonds. The van der Waals surface area contributed by atoms with Crippen molar-refractivity contribution >= 4 is 0 Å². The lowest BCUT2D eigenvalue weighted by Crippen LogP contribution is -2.04. The van der Waals surface area contributed by atoms with Crippen LogP contribution in [0.4, 0.5) is 0 Å². The minimum atomic E-state index is 0.545. The van der Waals surface area contributed by atoms with E-state index in [2.05, 4.69) is 24.9 Å². The Labute approximate surface area is 98.0 Å². The van der Waals surface area contributed by atoms with Crippen LogP contribution >= 0.6 is 0 Å². The monoisotopic (exact) mass is 222 g/mol. The Kier molecular flexibility index (Phi) is 5.86. The van der Waals surface area contributed by atoms with E-state index < -0.39 is 0 Å². The van der Waals surface area contributed by atoms with Crippen molar-refractivity contribution in [1.82, 2.24) is 4.98 Å². The Hall–Kier alpha value is -1.09. The molecule has 0 saturated carbocycles. The number of nitrogens with two attached hydrogens (primary N) is 1. The van der Waals surface area contributed by atoms with Gasteiger partial charge in [-0.15, -0.1) is 0 Å². The first-order valence-corrected chi connectivity index (χ1v) is 6.12. The molecule has 0 bridgehead atoms. The Morgan fingerprint density at radius 2 is 2.06 bits per heavy atom. The summed E-state index contributed by atoms with van der Waals surface area (Å²) in [6, 6.07) is 4.00. The van der Waals surface area contributed by atoms with Gasteiger partial charge in [0.25, 0.3) is 0 Å². The van der Waals surface area contributed by atoms with Crippen LogP contribution in [0.5, 0.6) is 5.88 Å². The number of aryl methyl sites for hydroxylation is 1. The lowest BCUT2D eigenvalue weighted by atomic mass is 10.1. The normalized spacial score (nSPS) is 10.4. The molecule has 0 aromatic carbocycles. The molecule has 3 nitrogen and oxygen atoms in total. The summed E-state index contributed by atoms with van der Waals surface area (Å²) in [6.45, 7) is 5.58. The summed E-state index contributed by atoms with van der Waals surface area (Å²) in [5.74, 6) is 0.722. The molecule has 90 valence electrons. The van der Waals surface area contributed by atoms with Crippen molar-refractivity contribution in [3.63, 3.8) is 0 Å². The summed E-state index contributed by atoms with van der Waals surface area (Å²) >= 11 is 0. The second-order valence-corrected chi connectivity index (χ2v) is 3.96. The fraction of sp³-hybridized carbons (Fsp3) is 0.615. The van der Waals surface area contributed by atoms with Gasteiger partial charge in [-0.25, -0.2) is 4.98 Å². The molecule has 0 saturated heterocycles. The predicted molar refractivity (Wildman–Crippen MR) is 66.5 cm³/mol. The van der Waals surface area contributed by atoms with Crippen LogP contribution in [0.2, 0.25) is 0 Å². The molecule has 0 atom stereocenters. The van der Waals surface area contributed by atoms with Gasteiger partial charge in [0, 0.05) is 18.3 Å². The minimum Gasteiger partial charge on any atom is -0.478 e. The van der Waals surface area contributed by atoms with Crippen molar-refractivity contribution in [3.05, 3.63) is 23.4 Å². The van der Waals surface area contributed by atoms with E-state index >= 15 is 0 Å². The molecule has 1 aromatic heterocycles. The van der Waals surface area contributed by atoms with Gasteiger partial charge in [-0.1, -0.05) is 26.7 Å². The third kappa shape index (κ3) is 4.19. The van der Waals surface area contributed by atoms with Crippen molar-refractivity contribution in [3.8, 4) is 5.88 Å². The summed E-state index contributed by atoms with van der Waals surface area (Å²) in [5, 5.41) is 0. The number of aromatic nitrogens is 1. The van der Waals surface area contributed by atoms with Crippen LogP contribution in [-0.4, -0.2) is 11.6 Å². The van der Waals surface area contributed by atoms with E-state index in [9.17, 15) is 0 Å².